The van der Waals surface area contributed by atoms with Crippen LogP contribution in [0.3, 0.4) is 0 Å². The summed E-state index contributed by atoms with van der Waals surface area (Å²) in [5.74, 6) is -1.94. The molecule has 2 heterocycles. The molecule has 11 nitrogen and oxygen atoms in total. The third-order valence-corrected chi connectivity index (χ3v) is 8.62. The largest absolute Gasteiger partial charge is 0.455 e. The predicted octanol–water partition coefficient (Wildman–Crippen LogP) is 2.66. The maximum absolute atomic E-state index is 13.9. The molecule has 1 fully saturated rings. The molecule has 0 unspecified atom stereocenters. The summed E-state index contributed by atoms with van der Waals surface area (Å²) in [6, 6.07) is 6.92. The number of aliphatic hydroxyl groups is 1. The molecule has 44 heavy (non-hydrogen) atoms. The average Bonchev–Trinajstić information content (AvgIpc) is 3.00. The fourth-order valence-corrected chi connectivity index (χ4v) is 5.64. The van der Waals surface area contributed by atoms with Crippen molar-refractivity contribution in [2.75, 3.05) is 6.54 Å². The Bertz CT molecular complexity index is 1400. The fraction of sp³-hybridized carbons (Fsp3) is 0.545. The van der Waals surface area contributed by atoms with Crippen LogP contribution in [-0.4, -0.2) is 64.6 Å². The minimum atomic E-state index is -0.934. The summed E-state index contributed by atoms with van der Waals surface area (Å²) in [7, 11) is 0. The highest BCUT2D eigenvalue weighted by atomic mass is 16.5. The number of nitrogens with one attached hydrogen (secondary N) is 3. The molecule has 2 aromatic rings. The van der Waals surface area contributed by atoms with E-state index in [4.69, 9.17) is 15.5 Å². The Kier molecular flexibility index (Phi) is 10.7. The highest BCUT2D eigenvalue weighted by molar-refractivity contribution is 5.94. The minimum Gasteiger partial charge on any atom is -0.455 e. The van der Waals surface area contributed by atoms with E-state index in [9.17, 15) is 24.3 Å². The highest BCUT2D eigenvalue weighted by Gasteiger charge is 2.41. The van der Waals surface area contributed by atoms with E-state index in [0.717, 1.165) is 10.9 Å². The molecule has 11 heteroatoms. The van der Waals surface area contributed by atoms with E-state index >= 15 is 0 Å². The van der Waals surface area contributed by atoms with E-state index in [2.05, 4.69) is 16.0 Å². The number of amides is 3. The maximum atomic E-state index is 13.9. The van der Waals surface area contributed by atoms with Gasteiger partial charge in [0.05, 0.1) is 22.7 Å². The summed E-state index contributed by atoms with van der Waals surface area (Å²) in [5, 5.41) is 19.6. The van der Waals surface area contributed by atoms with Crippen LogP contribution in [0.4, 0.5) is 0 Å². The maximum Gasteiger partial charge on any atom is 0.323 e. The van der Waals surface area contributed by atoms with Crippen LogP contribution in [0.2, 0.25) is 0 Å². The van der Waals surface area contributed by atoms with Crippen LogP contribution in [-0.2, 0) is 23.9 Å². The molecule has 1 aliphatic carbocycles. The van der Waals surface area contributed by atoms with E-state index in [1.165, 1.54) is 0 Å². The smallest absolute Gasteiger partial charge is 0.323 e. The highest BCUT2D eigenvalue weighted by Crippen LogP contribution is 2.39. The molecule has 6 N–H and O–H groups in total. The van der Waals surface area contributed by atoms with E-state index in [-0.39, 0.29) is 24.3 Å². The Morgan fingerprint density at radius 2 is 1.70 bits per heavy atom. The number of carbonyl (C=O) groups excluding carboxylic acids is 4. The standard InChI is InChI=1S/C33H45N5O6/c1-19(2)28-30(41)36-20(3)29(40)35-17-5-6-25(34)31(42)44-21(4)26-10-9-23-8-7-22(18-27(23)37-26)11-14-33(32(43)38-28)15-12-24(39)13-16-33/h7-11,14,18-21,24-25,28,39H,5-6,12-13,15-17,34H2,1-4H3,(H,35,40)(H,36,41)(H,38,43)/b14-11+/t20-,21+,24?,25-,28-,33?/m0/s1. The van der Waals surface area contributed by atoms with E-state index in [1.54, 1.807) is 13.8 Å². The minimum absolute atomic E-state index is 0.247. The van der Waals surface area contributed by atoms with Gasteiger partial charge in [0, 0.05) is 11.9 Å². The van der Waals surface area contributed by atoms with Crippen molar-refractivity contribution in [3.63, 3.8) is 0 Å². The molecule has 1 aliphatic heterocycles. The number of pyridine rings is 1. The molecule has 1 spiro atoms. The van der Waals surface area contributed by atoms with Gasteiger partial charge in [-0.25, -0.2) is 4.98 Å². The molecule has 3 amide bonds. The zero-order chi connectivity index (χ0) is 32.0. The number of hydrogen-bond donors (Lipinski definition) is 5. The molecule has 2 aliphatic rings. The molecule has 0 radical (unpaired) electrons. The van der Waals surface area contributed by atoms with Gasteiger partial charge < -0.3 is 31.5 Å². The van der Waals surface area contributed by atoms with Crippen molar-refractivity contribution in [3.05, 3.63) is 47.7 Å². The number of aliphatic hydroxyl groups excluding tert-OH is 1. The van der Waals surface area contributed by atoms with Crippen LogP contribution in [0.5, 0.6) is 0 Å². The predicted molar refractivity (Wildman–Crippen MR) is 167 cm³/mol. The van der Waals surface area contributed by atoms with Crippen LogP contribution in [0.15, 0.2) is 36.4 Å². The van der Waals surface area contributed by atoms with E-state index in [0.29, 0.717) is 49.7 Å². The first-order valence-corrected chi connectivity index (χ1v) is 15.5. The Balaban J connectivity index is 1.69. The number of carbonyl (C=O) groups is 4. The summed E-state index contributed by atoms with van der Waals surface area (Å²) >= 11 is 0. The van der Waals surface area contributed by atoms with Crippen LogP contribution >= 0.6 is 0 Å². The number of nitrogens with zero attached hydrogens (tertiary/aromatic N) is 1. The summed E-state index contributed by atoms with van der Waals surface area (Å²) < 4.78 is 5.61. The van der Waals surface area contributed by atoms with Crippen LogP contribution in [0, 0.1) is 11.3 Å². The molecule has 3 bridgehead atoms. The summed E-state index contributed by atoms with van der Waals surface area (Å²) in [6.07, 6.45) is 5.11. The summed E-state index contributed by atoms with van der Waals surface area (Å²) in [5.41, 5.74) is 7.24. The van der Waals surface area contributed by atoms with Gasteiger partial charge in [0.2, 0.25) is 17.7 Å². The fourth-order valence-electron chi connectivity index (χ4n) is 5.64. The molecule has 4 atom stereocenters. The Morgan fingerprint density at radius 1 is 1.00 bits per heavy atom. The normalized spacial score (nSPS) is 30.6. The van der Waals surface area contributed by atoms with Crippen molar-refractivity contribution in [2.24, 2.45) is 17.1 Å². The average molecular weight is 608 g/mol. The van der Waals surface area contributed by atoms with Gasteiger partial charge in [0.1, 0.15) is 24.2 Å². The van der Waals surface area contributed by atoms with Crippen molar-refractivity contribution in [1.29, 1.82) is 0 Å². The van der Waals surface area contributed by atoms with Gasteiger partial charge in [-0.3, -0.25) is 19.2 Å². The SMILES string of the molecule is CC(C)[C@@H]1NC(=O)C2(/C=C/c3ccc4ccc(nc4c3)[C@@H](C)OC(=O)[C@@H](N)CCCNC(=O)[C@H](C)NC1=O)CCC(O)CC2. The first-order chi connectivity index (χ1) is 20.9. The third kappa shape index (κ3) is 8.00. The van der Waals surface area contributed by atoms with Gasteiger partial charge in [0.15, 0.2) is 0 Å². The Labute approximate surface area is 258 Å². The first kappa shape index (κ1) is 33.1. The lowest BCUT2D eigenvalue weighted by Gasteiger charge is -2.37. The number of nitrogens with two attached hydrogens (primary N) is 1. The van der Waals surface area contributed by atoms with Crippen molar-refractivity contribution >= 4 is 40.7 Å². The van der Waals surface area contributed by atoms with Crippen molar-refractivity contribution < 1.29 is 29.0 Å². The number of ether oxygens (including phenoxy) is 1. The molecule has 4 rings (SSSR count). The number of rotatable bonds is 1. The first-order valence-electron chi connectivity index (χ1n) is 15.5. The molecular weight excluding hydrogens is 562 g/mol. The topological polar surface area (TPSA) is 173 Å². The van der Waals surface area contributed by atoms with E-state index < -0.39 is 47.6 Å². The second kappa shape index (κ2) is 14.3. The Morgan fingerprint density at radius 3 is 2.41 bits per heavy atom. The molecule has 0 saturated heterocycles. The summed E-state index contributed by atoms with van der Waals surface area (Å²) in [4.78, 5) is 57.3. The zero-order valence-electron chi connectivity index (χ0n) is 26.0. The van der Waals surface area contributed by atoms with Gasteiger partial charge >= 0.3 is 5.97 Å². The number of hydrogen-bond acceptors (Lipinski definition) is 8. The van der Waals surface area contributed by atoms with Gasteiger partial charge in [-0.05, 0) is 76.0 Å². The van der Waals surface area contributed by atoms with Crippen LogP contribution < -0.4 is 21.7 Å². The van der Waals surface area contributed by atoms with Crippen LogP contribution in [0.1, 0.15) is 83.6 Å². The second-order valence-corrected chi connectivity index (χ2v) is 12.5. The lowest BCUT2D eigenvalue weighted by Crippen LogP contribution is -2.57. The molecule has 238 valence electrons. The van der Waals surface area contributed by atoms with Gasteiger partial charge in [-0.1, -0.05) is 44.2 Å². The number of cyclic esters (lactones) is 1. The second-order valence-electron chi connectivity index (χ2n) is 12.5. The number of esters is 1. The lowest BCUT2D eigenvalue weighted by molar-refractivity contribution is -0.150. The van der Waals surface area contributed by atoms with Crippen LogP contribution in [0.25, 0.3) is 17.0 Å². The number of benzene rings is 1. The lowest BCUT2D eigenvalue weighted by atomic mass is 9.71. The van der Waals surface area contributed by atoms with Crippen molar-refractivity contribution in [2.45, 2.75) is 96.6 Å². The van der Waals surface area contributed by atoms with Gasteiger partial charge in [-0.15, -0.1) is 0 Å². The number of fused-ring (bicyclic) bond motifs is 2. The molecule has 1 saturated carbocycles. The number of aromatic nitrogens is 1. The van der Waals surface area contributed by atoms with E-state index in [1.807, 2.05) is 56.3 Å². The quantitative estimate of drug-likeness (QED) is 0.308. The molecule has 1 aromatic heterocycles. The third-order valence-electron chi connectivity index (χ3n) is 8.62. The van der Waals surface area contributed by atoms with Gasteiger partial charge in [0.25, 0.3) is 0 Å². The van der Waals surface area contributed by atoms with Crippen molar-refractivity contribution in [3.8, 4) is 0 Å². The summed E-state index contributed by atoms with van der Waals surface area (Å²) in [6.45, 7) is 7.24. The molecule has 1 aromatic carbocycles. The van der Waals surface area contributed by atoms with Gasteiger partial charge in [-0.2, -0.15) is 0 Å². The zero-order valence-corrected chi connectivity index (χ0v) is 26.0. The molecular formula is C33H45N5O6. The Hall–Kier alpha value is -3.83. The monoisotopic (exact) mass is 607 g/mol. The van der Waals surface area contributed by atoms with Crippen molar-refractivity contribution in [1.82, 2.24) is 20.9 Å².